The highest BCUT2D eigenvalue weighted by Gasteiger charge is 2.17. The molecule has 0 aliphatic carbocycles. The Hall–Kier alpha value is -0.0600. The Labute approximate surface area is 117 Å². The van der Waals surface area contributed by atoms with Crippen molar-refractivity contribution in [3.8, 4) is 0 Å². The number of ether oxygens (including phenoxy) is 1. The number of hydrogen-bond donors (Lipinski definition) is 0. The molecule has 1 aromatic rings. The summed E-state index contributed by atoms with van der Waals surface area (Å²) in [4.78, 5) is 11.1. The predicted molar refractivity (Wildman–Crippen MR) is 72.2 cm³/mol. The molecule has 1 aromatic carbocycles. The van der Waals surface area contributed by atoms with Gasteiger partial charge in [-0.1, -0.05) is 49.5 Å². The number of benzene rings is 1. The fourth-order valence-electron chi connectivity index (χ4n) is 1.20. The SMILES string of the molecule is CCOC(=O)C(Br)Cc1ccc(Cl)cc1Br. The molecule has 16 heavy (non-hydrogen) atoms. The maximum atomic E-state index is 11.4. The number of esters is 1. The number of carbonyl (C=O) groups is 1. The molecule has 0 radical (unpaired) electrons. The molecule has 0 aliphatic heterocycles. The summed E-state index contributed by atoms with van der Waals surface area (Å²) in [6.45, 7) is 2.18. The number of rotatable bonds is 4. The molecule has 5 heteroatoms. The van der Waals surface area contributed by atoms with Gasteiger partial charge < -0.3 is 4.74 Å². The molecular weight excluding hydrogens is 359 g/mol. The Morgan fingerprint density at radius 3 is 2.81 bits per heavy atom. The molecule has 0 N–H and O–H groups in total. The van der Waals surface area contributed by atoms with Crippen LogP contribution in [-0.4, -0.2) is 17.4 Å². The first-order valence-corrected chi connectivity index (χ1v) is 6.88. The van der Waals surface area contributed by atoms with Crippen molar-refractivity contribution in [3.05, 3.63) is 33.3 Å². The van der Waals surface area contributed by atoms with Crippen molar-refractivity contribution in [2.75, 3.05) is 6.61 Å². The average Bonchev–Trinajstić information content (AvgIpc) is 2.22. The number of hydrogen-bond acceptors (Lipinski definition) is 2. The zero-order valence-electron chi connectivity index (χ0n) is 8.67. The van der Waals surface area contributed by atoms with Gasteiger partial charge in [0.15, 0.2) is 0 Å². The number of alkyl halides is 1. The van der Waals surface area contributed by atoms with Gasteiger partial charge in [-0.3, -0.25) is 4.79 Å². The van der Waals surface area contributed by atoms with E-state index < -0.39 is 0 Å². The van der Waals surface area contributed by atoms with Crippen LogP contribution in [0.25, 0.3) is 0 Å². The van der Waals surface area contributed by atoms with Gasteiger partial charge in [0.05, 0.1) is 6.61 Å². The summed E-state index contributed by atoms with van der Waals surface area (Å²) in [6.07, 6.45) is 0.566. The minimum absolute atomic E-state index is 0.246. The lowest BCUT2D eigenvalue weighted by Crippen LogP contribution is -2.19. The second kappa shape index (κ2) is 6.62. The summed E-state index contributed by atoms with van der Waals surface area (Å²) in [5.74, 6) is -0.246. The fraction of sp³-hybridized carbons (Fsp3) is 0.364. The van der Waals surface area contributed by atoms with Gasteiger partial charge in [-0.05, 0) is 31.0 Å². The molecule has 0 bridgehead atoms. The molecule has 2 nitrogen and oxygen atoms in total. The van der Waals surface area contributed by atoms with E-state index in [-0.39, 0.29) is 10.8 Å². The van der Waals surface area contributed by atoms with Gasteiger partial charge in [0, 0.05) is 9.50 Å². The van der Waals surface area contributed by atoms with Crippen molar-refractivity contribution >= 4 is 49.4 Å². The molecule has 1 rings (SSSR count). The molecule has 1 atom stereocenters. The van der Waals surface area contributed by atoms with Gasteiger partial charge in [0.2, 0.25) is 0 Å². The van der Waals surface area contributed by atoms with Crippen LogP contribution in [0, 0.1) is 0 Å². The van der Waals surface area contributed by atoms with Crippen molar-refractivity contribution in [2.24, 2.45) is 0 Å². The normalized spacial score (nSPS) is 12.2. The Morgan fingerprint density at radius 1 is 1.56 bits per heavy atom. The van der Waals surface area contributed by atoms with E-state index in [4.69, 9.17) is 16.3 Å². The van der Waals surface area contributed by atoms with Crippen molar-refractivity contribution < 1.29 is 9.53 Å². The minimum atomic E-state index is -0.329. The van der Waals surface area contributed by atoms with Crippen molar-refractivity contribution in [1.82, 2.24) is 0 Å². The lowest BCUT2D eigenvalue weighted by atomic mass is 10.1. The molecule has 0 saturated heterocycles. The molecule has 0 fully saturated rings. The van der Waals surface area contributed by atoms with Crippen LogP contribution in [0.5, 0.6) is 0 Å². The van der Waals surface area contributed by atoms with Crippen LogP contribution in [-0.2, 0) is 16.0 Å². The van der Waals surface area contributed by atoms with Gasteiger partial charge in [-0.2, -0.15) is 0 Å². The maximum Gasteiger partial charge on any atom is 0.320 e. The third-order valence-corrected chi connectivity index (χ3v) is 3.63. The smallest absolute Gasteiger partial charge is 0.320 e. The van der Waals surface area contributed by atoms with Crippen LogP contribution in [0.4, 0.5) is 0 Å². The Bertz CT molecular complexity index is 382. The lowest BCUT2D eigenvalue weighted by Gasteiger charge is -2.10. The Morgan fingerprint density at radius 2 is 2.25 bits per heavy atom. The Balaban J connectivity index is 2.69. The van der Waals surface area contributed by atoms with E-state index >= 15 is 0 Å². The second-order valence-corrected chi connectivity index (χ2v) is 5.56. The van der Waals surface area contributed by atoms with Crippen LogP contribution in [0.2, 0.25) is 5.02 Å². The Kier molecular flexibility index (Phi) is 5.79. The van der Waals surface area contributed by atoms with E-state index in [1.807, 2.05) is 12.1 Å². The molecule has 0 spiro atoms. The zero-order chi connectivity index (χ0) is 12.1. The minimum Gasteiger partial charge on any atom is -0.465 e. The van der Waals surface area contributed by atoms with E-state index in [0.717, 1.165) is 10.0 Å². The number of halogens is 3. The summed E-state index contributed by atoms with van der Waals surface area (Å²) in [5.41, 5.74) is 1.01. The molecule has 0 saturated carbocycles. The second-order valence-electron chi connectivity index (χ2n) is 3.16. The third-order valence-electron chi connectivity index (χ3n) is 1.96. The summed E-state index contributed by atoms with van der Waals surface area (Å²) in [7, 11) is 0. The van der Waals surface area contributed by atoms with Gasteiger partial charge in [0.1, 0.15) is 4.83 Å². The van der Waals surface area contributed by atoms with Crippen LogP contribution >= 0.6 is 43.5 Å². The summed E-state index contributed by atoms with van der Waals surface area (Å²) < 4.78 is 5.81. The molecule has 0 aromatic heterocycles. The highest BCUT2D eigenvalue weighted by Crippen LogP contribution is 2.24. The van der Waals surface area contributed by atoms with Crippen LogP contribution in [0.1, 0.15) is 12.5 Å². The lowest BCUT2D eigenvalue weighted by molar-refractivity contribution is -0.142. The fourth-order valence-corrected chi connectivity index (χ4v) is 2.52. The van der Waals surface area contributed by atoms with E-state index in [9.17, 15) is 4.79 Å². The summed E-state index contributed by atoms with van der Waals surface area (Å²) in [6, 6.07) is 5.49. The van der Waals surface area contributed by atoms with Gasteiger partial charge in [-0.25, -0.2) is 0 Å². The van der Waals surface area contributed by atoms with Gasteiger partial charge >= 0.3 is 5.97 Å². The quantitative estimate of drug-likeness (QED) is 0.592. The van der Waals surface area contributed by atoms with Crippen LogP contribution in [0.3, 0.4) is 0 Å². The largest absolute Gasteiger partial charge is 0.465 e. The topological polar surface area (TPSA) is 26.3 Å². The monoisotopic (exact) mass is 368 g/mol. The summed E-state index contributed by atoms with van der Waals surface area (Å²) in [5, 5.41) is 0.665. The standard InChI is InChI=1S/C11H11Br2ClO2/c1-2-16-11(15)10(13)5-7-3-4-8(14)6-9(7)12/h3-4,6,10H,2,5H2,1H3. The van der Waals surface area contributed by atoms with Crippen LogP contribution in [0.15, 0.2) is 22.7 Å². The van der Waals surface area contributed by atoms with Gasteiger partial charge in [-0.15, -0.1) is 0 Å². The average molecular weight is 370 g/mol. The first-order valence-electron chi connectivity index (χ1n) is 4.79. The molecule has 1 unspecified atom stereocenters. The van der Waals surface area contributed by atoms with Crippen molar-refractivity contribution in [2.45, 2.75) is 18.2 Å². The molecule has 88 valence electrons. The predicted octanol–water partition coefficient (Wildman–Crippen LogP) is 3.97. The molecule has 0 heterocycles. The number of carbonyl (C=O) groups excluding carboxylic acids is 1. The summed E-state index contributed by atoms with van der Waals surface area (Å²) >= 11 is 12.5. The van der Waals surface area contributed by atoms with Crippen molar-refractivity contribution in [3.63, 3.8) is 0 Å². The van der Waals surface area contributed by atoms with E-state index in [2.05, 4.69) is 31.9 Å². The zero-order valence-corrected chi connectivity index (χ0v) is 12.6. The van der Waals surface area contributed by atoms with E-state index in [1.54, 1.807) is 13.0 Å². The van der Waals surface area contributed by atoms with Crippen LogP contribution < -0.4 is 0 Å². The highest BCUT2D eigenvalue weighted by molar-refractivity contribution is 9.10. The first-order chi connectivity index (χ1) is 7.54. The molecule has 0 amide bonds. The van der Waals surface area contributed by atoms with E-state index in [1.165, 1.54) is 0 Å². The molecular formula is C11H11Br2ClO2. The van der Waals surface area contributed by atoms with Gasteiger partial charge in [0.25, 0.3) is 0 Å². The highest BCUT2D eigenvalue weighted by atomic mass is 79.9. The maximum absolute atomic E-state index is 11.4. The van der Waals surface area contributed by atoms with E-state index in [0.29, 0.717) is 18.1 Å². The van der Waals surface area contributed by atoms with Crippen molar-refractivity contribution in [1.29, 1.82) is 0 Å². The third kappa shape index (κ3) is 4.07. The first kappa shape index (κ1) is 14.0. The molecule has 0 aliphatic rings.